The average molecular weight is 177 g/mol. The van der Waals surface area contributed by atoms with Crippen LogP contribution < -0.4 is 0 Å². The molecule has 0 aliphatic heterocycles. The summed E-state index contributed by atoms with van der Waals surface area (Å²) in [6, 6.07) is 2.02. The second-order valence-corrected chi connectivity index (χ2v) is 3.30. The highest BCUT2D eigenvalue weighted by atomic mass is 16.3. The molecule has 0 aliphatic rings. The Morgan fingerprint density at radius 2 is 2.08 bits per heavy atom. The topological polar surface area (TPSA) is 25.5 Å². The Balaban J connectivity index is 2.80. The fourth-order valence-corrected chi connectivity index (χ4v) is 1.08. The summed E-state index contributed by atoms with van der Waals surface area (Å²) < 4.78 is 5.44. The van der Waals surface area contributed by atoms with E-state index in [2.05, 4.69) is 4.99 Å². The van der Waals surface area contributed by atoms with Crippen LogP contribution in [0.25, 0.3) is 6.08 Å². The number of aliphatic imine (C=N–C) groups is 1. The molecule has 0 fully saturated rings. The number of hydrogen-bond acceptors (Lipinski definition) is 2. The van der Waals surface area contributed by atoms with Crippen LogP contribution in [-0.4, -0.2) is 5.71 Å². The van der Waals surface area contributed by atoms with Gasteiger partial charge in [0.25, 0.3) is 0 Å². The van der Waals surface area contributed by atoms with Crippen LogP contribution in [0, 0.1) is 13.8 Å². The second-order valence-electron chi connectivity index (χ2n) is 3.30. The van der Waals surface area contributed by atoms with E-state index in [0.717, 1.165) is 22.8 Å². The highest BCUT2D eigenvalue weighted by molar-refractivity contribution is 5.80. The molecule has 0 N–H and O–H groups in total. The number of rotatable bonds is 2. The highest BCUT2D eigenvalue weighted by Gasteiger charge is 1.99. The second kappa shape index (κ2) is 4.08. The van der Waals surface area contributed by atoms with Crippen LogP contribution in [0.4, 0.5) is 0 Å². The summed E-state index contributed by atoms with van der Waals surface area (Å²) in [6.45, 7) is 7.90. The molecule has 0 unspecified atom stereocenters. The molecular weight excluding hydrogens is 162 g/mol. The van der Waals surface area contributed by atoms with Crippen molar-refractivity contribution in [1.29, 1.82) is 0 Å². The maximum atomic E-state index is 5.44. The van der Waals surface area contributed by atoms with Crippen LogP contribution in [0.5, 0.6) is 0 Å². The van der Waals surface area contributed by atoms with Gasteiger partial charge in [-0.25, -0.2) is 0 Å². The standard InChI is InChI=1S/C11H15NO/c1-8(2)12-6-5-11-9(3)7-10(4)13-11/h5-7H,1-4H3/b6-5-. The van der Waals surface area contributed by atoms with Crippen molar-refractivity contribution >= 4 is 11.8 Å². The Morgan fingerprint density at radius 3 is 2.54 bits per heavy atom. The minimum atomic E-state index is 0.891. The van der Waals surface area contributed by atoms with Gasteiger partial charge in [0, 0.05) is 11.9 Å². The molecule has 2 nitrogen and oxygen atoms in total. The first kappa shape index (κ1) is 9.78. The van der Waals surface area contributed by atoms with E-state index in [-0.39, 0.29) is 0 Å². The zero-order valence-electron chi connectivity index (χ0n) is 8.59. The lowest BCUT2D eigenvalue weighted by molar-refractivity contribution is 0.523. The molecule has 0 spiro atoms. The molecule has 0 bridgehead atoms. The first-order chi connectivity index (χ1) is 6.09. The fourth-order valence-electron chi connectivity index (χ4n) is 1.08. The average Bonchev–Trinajstić information content (AvgIpc) is 2.29. The van der Waals surface area contributed by atoms with E-state index >= 15 is 0 Å². The van der Waals surface area contributed by atoms with Gasteiger partial charge in [0.05, 0.1) is 0 Å². The van der Waals surface area contributed by atoms with Crippen LogP contribution >= 0.6 is 0 Å². The maximum absolute atomic E-state index is 5.44. The molecule has 0 radical (unpaired) electrons. The summed E-state index contributed by atoms with van der Waals surface area (Å²) in [4.78, 5) is 4.15. The minimum absolute atomic E-state index is 0.891. The van der Waals surface area contributed by atoms with Gasteiger partial charge in [-0.15, -0.1) is 0 Å². The molecule has 0 aromatic carbocycles. The molecule has 1 aromatic rings. The molecule has 1 heterocycles. The fraction of sp³-hybridized carbons (Fsp3) is 0.364. The molecule has 0 saturated heterocycles. The maximum Gasteiger partial charge on any atom is 0.131 e. The molecule has 1 aromatic heterocycles. The number of furan rings is 1. The highest BCUT2D eigenvalue weighted by Crippen LogP contribution is 2.14. The van der Waals surface area contributed by atoms with Crippen LogP contribution in [0.1, 0.15) is 30.9 Å². The summed E-state index contributed by atoms with van der Waals surface area (Å²) in [6.07, 6.45) is 3.65. The third-order valence-corrected chi connectivity index (χ3v) is 1.64. The molecule has 2 heteroatoms. The lowest BCUT2D eigenvalue weighted by atomic mass is 10.2. The zero-order valence-corrected chi connectivity index (χ0v) is 8.59. The van der Waals surface area contributed by atoms with Crippen molar-refractivity contribution < 1.29 is 4.42 Å². The third-order valence-electron chi connectivity index (χ3n) is 1.64. The molecule has 0 amide bonds. The zero-order chi connectivity index (χ0) is 9.84. The van der Waals surface area contributed by atoms with Gasteiger partial charge in [-0.1, -0.05) is 0 Å². The van der Waals surface area contributed by atoms with Crippen molar-refractivity contribution in [1.82, 2.24) is 0 Å². The van der Waals surface area contributed by atoms with Gasteiger partial charge in [-0.3, -0.25) is 4.99 Å². The first-order valence-corrected chi connectivity index (χ1v) is 4.34. The van der Waals surface area contributed by atoms with Gasteiger partial charge in [0.1, 0.15) is 11.5 Å². The normalized spacial score (nSPS) is 10.8. The molecule has 0 atom stereocenters. The van der Waals surface area contributed by atoms with E-state index in [1.54, 1.807) is 6.20 Å². The van der Waals surface area contributed by atoms with Gasteiger partial charge >= 0.3 is 0 Å². The van der Waals surface area contributed by atoms with Crippen LogP contribution in [0.15, 0.2) is 21.7 Å². The Labute approximate surface area is 79.0 Å². The Hall–Kier alpha value is -1.31. The lowest BCUT2D eigenvalue weighted by Gasteiger charge is -1.87. The van der Waals surface area contributed by atoms with E-state index < -0.39 is 0 Å². The monoisotopic (exact) mass is 177 g/mol. The quantitative estimate of drug-likeness (QED) is 0.636. The van der Waals surface area contributed by atoms with Gasteiger partial charge < -0.3 is 4.42 Å². The first-order valence-electron chi connectivity index (χ1n) is 4.34. The van der Waals surface area contributed by atoms with E-state index in [0.29, 0.717) is 0 Å². The van der Waals surface area contributed by atoms with E-state index in [1.807, 2.05) is 39.8 Å². The van der Waals surface area contributed by atoms with Crippen molar-refractivity contribution in [2.45, 2.75) is 27.7 Å². The van der Waals surface area contributed by atoms with Crippen molar-refractivity contribution in [2.75, 3.05) is 0 Å². The lowest BCUT2D eigenvalue weighted by Crippen LogP contribution is -1.75. The summed E-state index contributed by atoms with van der Waals surface area (Å²) in [5.74, 6) is 1.83. The third kappa shape index (κ3) is 2.90. The summed E-state index contributed by atoms with van der Waals surface area (Å²) in [5, 5.41) is 0. The minimum Gasteiger partial charge on any atom is -0.462 e. The van der Waals surface area contributed by atoms with Crippen molar-refractivity contribution in [3.8, 4) is 0 Å². The summed E-state index contributed by atoms with van der Waals surface area (Å²) >= 11 is 0. The van der Waals surface area contributed by atoms with Gasteiger partial charge in [-0.2, -0.15) is 0 Å². The molecular formula is C11H15NO. The smallest absolute Gasteiger partial charge is 0.131 e. The van der Waals surface area contributed by atoms with E-state index in [1.165, 1.54) is 0 Å². The number of aryl methyl sites for hydroxylation is 2. The van der Waals surface area contributed by atoms with Gasteiger partial charge in [0.2, 0.25) is 0 Å². The van der Waals surface area contributed by atoms with Gasteiger partial charge in [-0.05, 0) is 45.4 Å². The Kier molecular flexibility index (Phi) is 3.07. The Bertz CT molecular complexity index is 341. The van der Waals surface area contributed by atoms with Crippen molar-refractivity contribution in [2.24, 2.45) is 4.99 Å². The predicted molar refractivity (Wildman–Crippen MR) is 56.0 cm³/mol. The van der Waals surface area contributed by atoms with E-state index in [4.69, 9.17) is 4.42 Å². The number of nitrogens with zero attached hydrogens (tertiary/aromatic N) is 1. The van der Waals surface area contributed by atoms with Crippen molar-refractivity contribution in [3.63, 3.8) is 0 Å². The van der Waals surface area contributed by atoms with Crippen LogP contribution in [0.3, 0.4) is 0 Å². The molecule has 13 heavy (non-hydrogen) atoms. The summed E-state index contributed by atoms with van der Waals surface area (Å²) in [5.41, 5.74) is 2.19. The van der Waals surface area contributed by atoms with Crippen molar-refractivity contribution in [3.05, 3.63) is 29.4 Å². The SMILES string of the molecule is CC(C)=N/C=C\c1oc(C)cc1C. The molecule has 1 rings (SSSR count). The molecule has 70 valence electrons. The Morgan fingerprint density at radius 1 is 1.38 bits per heavy atom. The van der Waals surface area contributed by atoms with Gasteiger partial charge in [0.15, 0.2) is 0 Å². The van der Waals surface area contributed by atoms with E-state index in [9.17, 15) is 0 Å². The molecule has 0 saturated carbocycles. The van der Waals surface area contributed by atoms with Crippen LogP contribution in [0.2, 0.25) is 0 Å². The largest absolute Gasteiger partial charge is 0.462 e. The number of hydrogen-bond donors (Lipinski definition) is 0. The predicted octanol–water partition coefficient (Wildman–Crippen LogP) is 3.35. The molecule has 0 aliphatic carbocycles. The van der Waals surface area contributed by atoms with Crippen LogP contribution in [-0.2, 0) is 0 Å². The summed E-state index contributed by atoms with van der Waals surface area (Å²) in [7, 11) is 0.